The predicted molar refractivity (Wildman–Crippen MR) is 138 cm³/mol. The van der Waals surface area contributed by atoms with E-state index < -0.39 is 35.2 Å². The van der Waals surface area contributed by atoms with E-state index in [1.807, 2.05) is 0 Å². The Morgan fingerprint density at radius 1 is 1.07 bits per heavy atom. The fraction of sp³-hybridized carbons (Fsp3) is 0.321. The summed E-state index contributed by atoms with van der Waals surface area (Å²) in [6.07, 6.45) is 0.904. The third-order valence-corrected chi connectivity index (χ3v) is 7.36. The van der Waals surface area contributed by atoms with Crippen LogP contribution in [0.3, 0.4) is 0 Å². The molecule has 2 fully saturated rings. The molecule has 1 aliphatic heterocycles. The van der Waals surface area contributed by atoms with Crippen LogP contribution in [0.2, 0.25) is 0 Å². The number of aromatic nitrogens is 5. The van der Waals surface area contributed by atoms with Crippen molar-refractivity contribution in [3.05, 3.63) is 83.4 Å². The summed E-state index contributed by atoms with van der Waals surface area (Å²) < 4.78 is 62.1. The minimum absolute atomic E-state index is 0.0236. The summed E-state index contributed by atoms with van der Waals surface area (Å²) in [6, 6.07) is 8.50. The zero-order chi connectivity index (χ0) is 29.1. The van der Waals surface area contributed by atoms with Gasteiger partial charge in [0.25, 0.3) is 12.3 Å². The smallest absolute Gasteiger partial charge is 0.282 e. The zero-order valence-electron chi connectivity index (χ0n) is 22.0. The molecule has 2 N–H and O–H groups in total. The van der Waals surface area contributed by atoms with Gasteiger partial charge in [0.1, 0.15) is 11.8 Å². The van der Waals surface area contributed by atoms with Crippen molar-refractivity contribution in [1.29, 1.82) is 0 Å². The Hall–Kier alpha value is -4.39. The molecule has 0 bridgehead atoms. The van der Waals surface area contributed by atoms with E-state index in [-0.39, 0.29) is 35.3 Å². The van der Waals surface area contributed by atoms with E-state index in [2.05, 4.69) is 20.1 Å². The van der Waals surface area contributed by atoms with Crippen molar-refractivity contribution in [2.24, 2.45) is 17.6 Å². The lowest BCUT2D eigenvalue weighted by Crippen LogP contribution is -2.33. The Morgan fingerprint density at radius 2 is 1.78 bits per heavy atom. The van der Waals surface area contributed by atoms with Gasteiger partial charge >= 0.3 is 0 Å². The van der Waals surface area contributed by atoms with E-state index in [0.717, 1.165) is 16.8 Å². The lowest BCUT2D eigenvalue weighted by molar-refractivity contribution is 0.0739. The quantitative estimate of drug-likeness (QED) is 0.332. The molecule has 13 heteroatoms. The number of nitrogens with two attached hydrogens (primary N) is 1. The second-order valence-corrected chi connectivity index (χ2v) is 10.8. The highest BCUT2D eigenvalue weighted by molar-refractivity contribution is 5.95. The van der Waals surface area contributed by atoms with Crippen LogP contribution in [0.1, 0.15) is 41.9 Å². The van der Waals surface area contributed by atoms with Crippen LogP contribution in [0.5, 0.6) is 5.88 Å². The van der Waals surface area contributed by atoms with Crippen LogP contribution in [0.25, 0.3) is 17.2 Å². The summed E-state index contributed by atoms with van der Waals surface area (Å²) in [5, 5.41) is 3.85. The van der Waals surface area contributed by atoms with E-state index in [0.29, 0.717) is 29.9 Å². The van der Waals surface area contributed by atoms with Crippen molar-refractivity contribution in [2.45, 2.75) is 31.9 Å². The molecule has 212 valence electrons. The summed E-state index contributed by atoms with van der Waals surface area (Å²) >= 11 is 0. The molecule has 4 aromatic rings. The largest absolute Gasteiger partial charge is 0.474 e. The molecule has 0 spiro atoms. The standard InChI is InChI=1S/C28H25F4N7O2/c1-28(2,33)15-9-21(14-4-5-19(29)20(30)8-14)36-22(10-15)41-24-16-11-38(12-17(16)24)26(40)18-13-39(37-23(18)25(31)32)27-34-6-3-7-35-27/h3-10,13,16-17,24-25H,11-12,33H2,1-2H3/t16-,17+,24?. The van der Waals surface area contributed by atoms with Crippen molar-refractivity contribution < 1.29 is 27.1 Å². The average molecular weight is 568 g/mol. The summed E-state index contributed by atoms with van der Waals surface area (Å²) in [5.41, 5.74) is 6.13. The SMILES string of the molecule is CC(C)(N)c1cc(OC2[C@H]3CN(C(=O)c4cn(-c5ncccn5)nc4C(F)F)C[C@@H]23)nc(-c2ccc(F)c(F)c2)c1. The third kappa shape index (κ3) is 5.12. The van der Waals surface area contributed by atoms with Gasteiger partial charge in [-0.25, -0.2) is 37.2 Å². The maximum Gasteiger partial charge on any atom is 0.282 e. The molecule has 0 radical (unpaired) electrons. The first-order valence-corrected chi connectivity index (χ1v) is 12.9. The monoisotopic (exact) mass is 567 g/mol. The van der Waals surface area contributed by atoms with Crippen molar-refractivity contribution in [1.82, 2.24) is 29.6 Å². The molecule has 4 heterocycles. The van der Waals surface area contributed by atoms with Crippen molar-refractivity contribution in [2.75, 3.05) is 13.1 Å². The molecule has 1 unspecified atom stereocenters. The molecule has 9 nitrogen and oxygen atoms in total. The molecule has 1 aliphatic carbocycles. The molecule has 41 heavy (non-hydrogen) atoms. The van der Waals surface area contributed by atoms with E-state index in [9.17, 15) is 22.4 Å². The second-order valence-electron chi connectivity index (χ2n) is 10.8. The number of alkyl halides is 2. The number of hydrogen-bond acceptors (Lipinski definition) is 7. The molecule has 3 aromatic heterocycles. The number of hydrogen-bond donors (Lipinski definition) is 1. The molecule has 1 amide bonds. The van der Waals surface area contributed by atoms with Gasteiger partial charge in [0.2, 0.25) is 11.8 Å². The maximum atomic E-state index is 13.9. The van der Waals surface area contributed by atoms with Gasteiger partial charge < -0.3 is 15.4 Å². The zero-order valence-corrected chi connectivity index (χ0v) is 22.0. The Balaban J connectivity index is 1.18. The van der Waals surface area contributed by atoms with E-state index in [1.165, 1.54) is 29.6 Å². The molecular weight excluding hydrogens is 542 g/mol. The molecule has 6 rings (SSSR count). The van der Waals surface area contributed by atoms with Gasteiger partial charge in [0, 0.05) is 60.7 Å². The van der Waals surface area contributed by atoms with Crippen LogP contribution in [0, 0.1) is 23.5 Å². The minimum Gasteiger partial charge on any atom is -0.474 e. The number of halogens is 4. The van der Waals surface area contributed by atoms with Gasteiger partial charge in [-0.1, -0.05) is 0 Å². The highest BCUT2D eigenvalue weighted by Gasteiger charge is 2.59. The molecular formula is C28H25F4N7O2. The highest BCUT2D eigenvalue weighted by Crippen LogP contribution is 2.48. The number of carbonyl (C=O) groups excluding carboxylic acids is 1. The van der Waals surface area contributed by atoms with Crippen molar-refractivity contribution in [3.8, 4) is 23.1 Å². The first kappa shape index (κ1) is 26.8. The van der Waals surface area contributed by atoms with Gasteiger partial charge in [-0.3, -0.25) is 4.79 Å². The number of ether oxygens (including phenoxy) is 1. The lowest BCUT2D eigenvalue weighted by atomic mass is 9.95. The highest BCUT2D eigenvalue weighted by atomic mass is 19.3. The normalized spacial score (nSPS) is 19.9. The van der Waals surface area contributed by atoms with Crippen LogP contribution >= 0.6 is 0 Å². The van der Waals surface area contributed by atoms with Crippen molar-refractivity contribution >= 4 is 5.91 Å². The molecule has 1 aromatic carbocycles. The lowest BCUT2D eigenvalue weighted by Gasteiger charge is -2.22. The number of benzene rings is 1. The minimum atomic E-state index is -2.96. The van der Waals surface area contributed by atoms with Crippen LogP contribution in [-0.2, 0) is 5.54 Å². The number of amides is 1. The Kier molecular flexibility index (Phi) is 6.48. The molecule has 3 atom stereocenters. The second kappa shape index (κ2) is 9.91. The van der Waals surface area contributed by atoms with Crippen LogP contribution in [0.15, 0.2) is 55.0 Å². The van der Waals surface area contributed by atoms with Gasteiger partial charge in [0.05, 0.1) is 11.3 Å². The summed E-state index contributed by atoms with van der Waals surface area (Å²) in [4.78, 5) is 27.2. The predicted octanol–water partition coefficient (Wildman–Crippen LogP) is 4.28. The van der Waals surface area contributed by atoms with E-state index in [1.54, 1.807) is 32.0 Å². The van der Waals surface area contributed by atoms with E-state index in [4.69, 9.17) is 10.5 Å². The van der Waals surface area contributed by atoms with Gasteiger partial charge in [-0.05, 0) is 49.7 Å². The Bertz CT molecular complexity index is 1610. The number of fused-ring (bicyclic) bond motifs is 1. The summed E-state index contributed by atoms with van der Waals surface area (Å²) in [6.45, 7) is 4.22. The Labute approximate surface area is 232 Å². The number of carbonyl (C=O) groups is 1. The molecule has 1 saturated heterocycles. The first-order valence-electron chi connectivity index (χ1n) is 12.9. The van der Waals surface area contributed by atoms with Crippen LogP contribution in [0.4, 0.5) is 17.6 Å². The van der Waals surface area contributed by atoms with Gasteiger partial charge in [-0.15, -0.1) is 0 Å². The topological polar surface area (TPSA) is 112 Å². The fourth-order valence-electron chi connectivity index (χ4n) is 5.09. The van der Waals surface area contributed by atoms with Crippen LogP contribution in [-0.4, -0.2) is 54.7 Å². The number of pyridine rings is 1. The third-order valence-electron chi connectivity index (χ3n) is 7.36. The van der Waals surface area contributed by atoms with E-state index >= 15 is 0 Å². The Morgan fingerprint density at radius 3 is 2.41 bits per heavy atom. The first-order chi connectivity index (χ1) is 19.5. The molecule has 2 aliphatic rings. The fourth-order valence-corrected chi connectivity index (χ4v) is 5.09. The number of piperidine rings is 1. The number of nitrogens with zero attached hydrogens (tertiary/aromatic N) is 6. The maximum absolute atomic E-state index is 13.9. The number of likely N-dealkylation sites (tertiary alicyclic amines) is 1. The summed E-state index contributed by atoms with van der Waals surface area (Å²) in [7, 11) is 0. The van der Waals surface area contributed by atoms with Crippen molar-refractivity contribution in [3.63, 3.8) is 0 Å². The average Bonchev–Trinajstić information content (AvgIpc) is 3.29. The number of rotatable bonds is 7. The van der Waals surface area contributed by atoms with Gasteiger partial charge in [0.15, 0.2) is 11.6 Å². The summed E-state index contributed by atoms with van der Waals surface area (Å²) in [5.74, 6) is -2.23. The van der Waals surface area contributed by atoms with Crippen LogP contribution < -0.4 is 10.5 Å². The molecule has 1 saturated carbocycles. The van der Waals surface area contributed by atoms with Gasteiger partial charge in [-0.2, -0.15) is 5.10 Å².